The third-order valence-electron chi connectivity index (χ3n) is 8.71. The lowest BCUT2D eigenvalue weighted by Crippen LogP contribution is -2.52. The van der Waals surface area contributed by atoms with Crippen molar-refractivity contribution in [1.82, 2.24) is 0 Å². The Hall–Kier alpha value is 0. The van der Waals surface area contributed by atoms with Crippen LogP contribution in [0.5, 0.6) is 0 Å². The molecule has 4 aliphatic rings. The maximum absolute atomic E-state index is 2.71. The van der Waals surface area contributed by atoms with E-state index < -0.39 is 0 Å². The van der Waals surface area contributed by atoms with Gasteiger partial charge >= 0.3 is 0 Å². The van der Waals surface area contributed by atoms with E-state index in [1.807, 2.05) is 0 Å². The molecular formula is C20H34. The van der Waals surface area contributed by atoms with Crippen molar-refractivity contribution in [3.05, 3.63) is 0 Å². The summed E-state index contributed by atoms with van der Waals surface area (Å²) in [5.41, 5.74) is 1.46. The summed E-state index contributed by atoms with van der Waals surface area (Å²) in [5.74, 6) is 5.36. The van der Waals surface area contributed by atoms with Gasteiger partial charge in [0.1, 0.15) is 0 Å². The second-order valence-corrected chi connectivity index (χ2v) is 9.62. The van der Waals surface area contributed by atoms with Crippen LogP contribution in [0.25, 0.3) is 0 Å². The zero-order chi connectivity index (χ0) is 14.0. The fourth-order valence-corrected chi connectivity index (χ4v) is 7.47. The molecule has 0 aromatic heterocycles. The van der Waals surface area contributed by atoms with E-state index in [-0.39, 0.29) is 0 Å². The van der Waals surface area contributed by atoms with Crippen molar-refractivity contribution in [1.29, 1.82) is 0 Å². The van der Waals surface area contributed by atoms with Crippen LogP contribution in [0.1, 0.15) is 85.0 Å². The molecule has 1 unspecified atom stereocenters. The van der Waals surface area contributed by atoms with Gasteiger partial charge in [-0.05, 0) is 91.8 Å². The molecule has 4 rings (SSSR count). The van der Waals surface area contributed by atoms with Crippen molar-refractivity contribution in [2.45, 2.75) is 85.0 Å². The fourth-order valence-electron chi connectivity index (χ4n) is 7.47. The van der Waals surface area contributed by atoms with Gasteiger partial charge in [0.2, 0.25) is 0 Å². The maximum Gasteiger partial charge on any atom is -0.0266 e. The van der Waals surface area contributed by atoms with Crippen molar-refractivity contribution in [3.63, 3.8) is 0 Å². The molecule has 20 heavy (non-hydrogen) atoms. The summed E-state index contributed by atoms with van der Waals surface area (Å²) in [6.45, 7) is 7.84. The van der Waals surface area contributed by atoms with Gasteiger partial charge in [-0.2, -0.15) is 0 Å². The molecule has 0 amide bonds. The molecule has 4 saturated carbocycles. The van der Waals surface area contributed by atoms with E-state index in [0.717, 1.165) is 40.4 Å². The highest BCUT2D eigenvalue weighted by Gasteiger charge is 2.57. The first-order valence-electron chi connectivity index (χ1n) is 9.53. The van der Waals surface area contributed by atoms with Gasteiger partial charge in [-0.25, -0.2) is 0 Å². The Kier molecular flexibility index (Phi) is 3.07. The summed E-state index contributed by atoms with van der Waals surface area (Å²) in [7, 11) is 0. The fraction of sp³-hybridized carbons (Fsp3) is 1.00. The first-order chi connectivity index (χ1) is 9.53. The van der Waals surface area contributed by atoms with Gasteiger partial charge in [0.05, 0.1) is 0 Å². The molecule has 0 bridgehead atoms. The molecule has 0 aliphatic heterocycles. The Bertz CT molecular complexity index is 385. The van der Waals surface area contributed by atoms with Crippen molar-refractivity contribution in [2.75, 3.05) is 0 Å². The van der Waals surface area contributed by atoms with Crippen molar-refractivity contribution < 1.29 is 0 Å². The Balaban J connectivity index is 1.62. The summed E-state index contributed by atoms with van der Waals surface area (Å²) < 4.78 is 0. The lowest BCUT2D eigenvalue weighted by molar-refractivity contribution is -0.110. The van der Waals surface area contributed by atoms with E-state index in [4.69, 9.17) is 0 Å². The summed E-state index contributed by atoms with van der Waals surface area (Å²) in [6, 6.07) is 0. The van der Waals surface area contributed by atoms with E-state index in [1.54, 1.807) is 44.9 Å². The van der Waals surface area contributed by atoms with E-state index in [1.165, 1.54) is 19.3 Å². The Morgan fingerprint density at radius 3 is 2.50 bits per heavy atom. The van der Waals surface area contributed by atoms with Gasteiger partial charge in [0.25, 0.3) is 0 Å². The molecule has 4 aliphatic carbocycles. The third-order valence-corrected chi connectivity index (χ3v) is 8.71. The molecular weight excluding hydrogens is 240 g/mol. The lowest BCUT2D eigenvalue weighted by Gasteiger charge is -2.60. The highest BCUT2D eigenvalue weighted by Crippen LogP contribution is 2.66. The highest BCUT2D eigenvalue weighted by molar-refractivity contribution is 5.07. The van der Waals surface area contributed by atoms with Gasteiger partial charge in [-0.3, -0.25) is 0 Å². The summed E-state index contributed by atoms with van der Waals surface area (Å²) >= 11 is 0. The molecule has 7 atom stereocenters. The minimum Gasteiger partial charge on any atom is -0.0625 e. The lowest BCUT2D eigenvalue weighted by atomic mass is 9.45. The molecule has 0 heteroatoms. The smallest absolute Gasteiger partial charge is 0.0266 e. The molecule has 0 radical (unpaired) electrons. The van der Waals surface area contributed by atoms with E-state index in [0.29, 0.717) is 0 Å². The second kappa shape index (κ2) is 4.50. The van der Waals surface area contributed by atoms with E-state index in [2.05, 4.69) is 20.8 Å². The molecule has 0 aromatic carbocycles. The van der Waals surface area contributed by atoms with Crippen molar-refractivity contribution in [3.8, 4) is 0 Å². The van der Waals surface area contributed by atoms with Crippen LogP contribution in [0.3, 0.4) is 0 Å². The van der Waals surface area contributed by atoms with Crippen LogP contribution in [-0.2, 0) is 0 Å². The SMILES string of the molecule is C[C@@H]1CC[C@@]2(C)C(CC[C@H]3[C@@H]4CCC[C@@]4(C)CC[C@@H]32)C1. The topological polar surface area (TPSA) is 0 Å². The zero-order valence-electron chi connectivity index (χ0n) is 14.0. The van der Waals surface area contributed by atoms with Crippen LogP contribution in [-0.4, -0.2) is 0 Å². The summed E-state index contributed by atoms with van der Waals surface area (Å²) in [5, 5.41) is 0. The number of hydrogen-bond donors (Lipinski definition) is 0. The van der Waals surface area contributed by atoms with Crippen molar-refractivity contribution in [2.24, 2.45) is 40.4 Å². The minimum atomic E-state index is 0.722. The molecule has 0 aromatic rings. The molecule has 0 spiro atoms. The van der Waals surface area contributed by atoms with E-state index >= 15 is 0 Å². The quantitative estimate of drug-likeness (QED) is 0.504. The second-order valence-electron chi connectivity index (χ2n) is 9.62. The third kappa shape index (κ3) is 1.78. The zero-order valence-corrected chi connectivity index (χ0v) is 14.0. The maximum atomic E-state index is 2.71. The average molecular weight is 274 g/mol. The number of rotatable bonds is 0. The molecule has 0 saturated heterocycles. The van der Waals surface area contributed by atoms with Gasteiger partial charge in [-0.1, -0.05) is 33.6 Å². The molecule has 0 nitrogen and oxygen atoms in total. The average Bonchev–Trinajstić information content (AvgIpc) is 2.81. The predicted octanol–water partition coefficient (Wildman–Crippen LogP) is 6.06. The van der Waals surface area contributed by atoms with Crippen LogP contribution < -0.4 is 0 Å². The van der Waals surface area contributed by atoms with Gasteiger partial charge in [0.15, 0.2) is 0 Å². The van der Waals surface area contributed by atoms with E-state index in [9.17, 15) is 0 Å². The first kappa shape index (κ1) is 13.6. The molecule has 0 N–H and O–H groups in total. The molecule has 4 fully saturated rings. The van der Waals surface area contributed by atoms with Gasteiger partial charge in [-0.15, -0.1) is 0 Å². The Morgan fingerprint density at radius 1 is 0.800 bits per heavy atom. The van der Waals surface area contributed by atoms with Crippen LogP contribution in [0.2, 0.25) is 0 Å². The minimum absolute atomic E-state index is 0.722. The standard InChI is InChI=1S/C20H34/c1-14-8-12-20(3)15(13-14)6-7-16-17-5-4-10-19(17,2)11-9-18(16)20/h14-18H,4-13H2,1-3H3/t14-,15?,16+,17+,18+,19+,20+/m1/s1. The summed E-state index contributed by atoms with van der Waals surface area (Å²) in [4.78, 5) is 0. The Morgan fingerprint density at radius 2 is 1.65 bits per heavy atom. The monoisotopic (exact) mass is 274 g/mol. The largest absolute Gasteiger partial charge is 0.0625 e. The van der Waals surface area contributed by atoms with Gasteiger partial charge in [0, 0.05) is 0 Å². The van der Waals surface area contributed by atoms with Crippen LogP contribution in [0, 0.1) is 40.4 Å². The molecule has 0 heterocycles. The highest BCUT2D eigenvalue weighted by atomic mass is 14.6. The summed E-state index contributed by atoms with van der Waals surface area (Å²) in [6.07, 6.45) is 15.5. The first-order valence-corrected chi connectivity index (χ1v) is 9.53. The van der Waals surface area contributed by atoms with Crippen molar-refractivity contribution >= 4 is 0 Å². The number of hydrogen-bond acceptors (Lipinski definition) is 0. The predicted molar refractivity (Wildman–Crippen MR) is 85.5 cm³/mol. The molecule has 114 valence electrons. The van der Waals surface area contributed by atoms with Crippen LogP contribution in [0.15, 0.2) is 0 Å². The van der Waals surface area contributed by atoms with Crippen LogP contribution in [0.4, 0.5) is 0 Å². The Labute approximate surface area is 126 Å². The van der Waals surface area contributed by atoms with Gasteiger partial charge < -0.3 is 0 Å². The number of fused-ring (bicyclic) bond motifs is 5. The normalized spacial score (nSPS) is 58.6. The van der Waals surface area contributed by atoms with Crippen LogP contribution >= 0.6 is 0 Å².